The molecule has 3 nitrogen and oxygen atoms in total. The van der Waals surface area contributed by atoms with E-state index in [0.29, 0.717) is 5.92 Å². The summed E-state index contributed by atoms with van der Waals surface area (Å²) in [4.78, 5) is 15.2. The summed E-state index contributed by atoms with van der Waals surface area (Å²) >= 11 is 0. The molecule has 2 aliphatic carbocycles. The van der Waals surface area contributed by atoms with Crippen molar-refractivity contribution < 1.29 is 13.9 Å². The van der Waals surface area contributed by atoms with Gasteiger partial charge in [0, 0.05) is 25.6 Å². The molecule has 1 aromatic carbocycles. The van der Waals surface area contributed by atoms with Crippen LogP contribution in [0, 0.1) is 23.1 Å². The highest BCUT2D eigenvalue weighted by atomic mass is 19.1. The van der Waals surface area contributed by atoms with Gasteiger partial charge in [0.1, 0.15) is 11.9 Å². The zero-order valence-corrected chi connectivity index (χ0v) is 18.1. The van der Waals surface area contributed by atoms with Crippen LogP contribution < -0.4 is 0 Å². The molecule has 4 unspecified atom stereocenters. The number of esters is 1. The van der Waals surface area contributed by atoms with Crippen LogP contribution in [0.3, 0.4) is 0 Å². The highest BCUT2D eigenvalue weighted by Gasteiger charge is 2.53. The van der Waals surface area contributed by atoms with E-state index in [1.165, 1.54) is 37.0 Å². The largest absolute Gasteiger partial charge is 0.462 e. The summed E-state index contributed by atoms with van der Waals surface area (Å²) in [5.41, 5.74) is 5.79. The highest BCUT2D eigenvalue weighted by molar-refractivity contribution is 5.76. The van der Waals surface area contributed by atoms with E-state index in [2.05, 4.69) is 24.8 Å². The molecule has 4 aliphatic rings. The lowest BCUT2D eigenvalue weighted by molar-refractivity contribution is -0.145. The molecule has 2 fully saturated rings. The molecule has 30 heavy (non-hydrogen) atoms. The van der Waals surface area contributed by atoms with Gasteiger partial charge in [-0.2, -0.15) is 0 Å². The third-order valence-corrected chi connectivity index (χ3v) is 8.14. The summed E-state index contributed by atoms with van der Waals surface area (Å²) in [7, 11) is 0. The zero-order valence-electron chi connectivity index (χ0n) is 18.1. The number of ether oxygens (including phenoxy) is 1. The minimum Gasteiger partial charge on any atom is -0.462 e. The molecular weight excluding hydrogens is 377 g/mol. The van der Waals surface area contributed by atoms with E-state index in [4.69, 9.17) is 4.74 Å². The third kappa shape index (κ3) is 3.53. The first-order valence-corrected chi connectivity index (χ1v) is 11.5. The van der Waals surface area contributed by atoms with E-state index in [1.54, 1.807) is 11.1 Å². The highest BCUT2D eigenvalue weighted by Crippen LogP contribution is 2.55. The van der Waals surface area contributed by atoms with Gasteiger partial charge in [-0.05, 0) is 74.1 Å². The molecule has 1 aromatic rings. The maximum Gasteiger partial charge on any atom is 0.310 e. The van der Waals surface area contributed by atoms with E-state index in [0.717, 1.165) is 44.5 Å². The Bertz CT molecular complexity index is 902. The fourth-order valence-electron chi connectivity index (χ4n) is 6.40. The molecule has 0 aromatic heterocycles. The number of hydrogen-bond acceptors (Lipinski definition) is 3. The van der Waals surface area contributed by atoms with Gasteiger partial charge in [0.25, 0.3) is 0 Å². The summed E-state index contributed by atoms with van der Waals surface area (Å²) in [5, 5.41) is 0. The van der Waals surface area contributed by atoms with Crippen molar-refractivity contribution in [1.29, 1.82) is 0 Å². The number of nitrogens with zero attached hydrogens (tertiary/aromatic N) is 1. The zero-order chi connectivity index (χ0) is 20.9. The van der Waals surface area contributed by atoms with Crippen LogP contribution in [0.25, 0.3) is 5.57 Å². The molecule has 4 atom stereocenters. The number of carbonyl (C=O) groups is 1. The van der Waals surface area contributed by atoms with E-state index >= 15 is 0 Å². The second kappa shape index (κ2) is 7.64. The fourth-order valence-corrected chi connectivity index (χ4v) is 6.40. The van der Waals surface area contributed by atoms with Crippen molar-refractivity contribution in [3.63, 3.8) is 0 Å². The van der Waals surface area contributed by atoms with E-state index < -0.39 is 0 Å². The number of fused-ring (bicyclic) bond motifs is 2. The molecule has 2 heterocycles. The molecule has 0 spiro atoms. The number of allylic oxidation sites excluding steroid dienone is 2. The van der Waals surface area contributed by atoms with Gasteiger partial charge in [-0.15, -0.1) is 0 Å². The Balaban J connectivity index is 1.28. The molecule has 0 N–H and O–H groups in total. The van der Waals surface area contributed by atoms with Gasteiger partial charge < -0.3 is 4.74 Å². The third-order valence-electron chi connectivity index (χ3n) is 8.14. The van der Waals surface area contributed by atoms with E-state index in [-0.39, 0.29) is 29.2 Å². The van der Waals surface area contributed by atoms with Crippen molar-refractivity contribution in [3.8, 4) is 0 Å². The molecule has 1 saturated carbocycles. The maximum atomic E-state index is 13.2. The molecule has 4 heteroatoms. The lowest BCUT2D eigenvalue weighted by atomic mass is 9.59. The first-order chi connectivity index (χ1) is 14.4. The fraction of sp³-hybridized carbons (Fsp3) is 0.577. The molecule has 160 valence electrons. The van der Waals surface area contributed by atoms with Crippen molar-refractivity contribution in [2.24, 2.45) is 17.3 Å². The molecule has 2 aliphatic heterocycles. The summed E-state index contributed by atoms with van der Waals surface area (Å²) in [5.74, 6) is 0.135. The average molecular weight is 410 g/mol. The molecule has 0 radical (unpaired) electrons. The van der Waals surface area contributed by atoms with Crippen LogP contribution in [0.15, 0.2) is 41.5 Å². The number of benzene rings is 1. The van der Waals surface area contributed by atoms with Crippen molar-refractivity contribution >= 4 is 11.5 Å². The normalized spacial score (nSPS) is 34.3. The Kier molecular flexibility index (Phi) is 5.09. The van der Waals surface area contributed by atoms with Crippen LogP contribution in [-0.2, 0) is 9.53 Å². The van der Waals surface area contributed by atoms with Crippen molar-refractivity contribution in [2.45, 2.75) is 58.5 Å². The standard InChI is InChI=1S/C26H32FNO2/c1-17-4-3-11-26(2)15-24-21(14-23(17)26)22(25(29)30-24)16-28-12-9-19(10-13-28)18-5-7-20(27)8-6-18/h5-9,21-22,24H,3-4,10-16H2,1-2H3. The van der Waals surface area contributed by atoms with Crippen molar-refractivity contribution in [3.05, 3.63) is 52.9 Å². The van der Waals surface area contributed by atoms with Gasteiger partial charge in [-0.3, -0.25) is 9.69 Å². The molecule has 0 amide bonds. The lowest BCUT2D eigenvalue weighted by Gasteiger charge is -2.46. The quantitative estimate of drug-likeness (QED) is 0.496. The topological polar surface area (TPSA) is 29.5 Å². The summed E-state index contributed by atoms with van der Waals surface area (Å²) in [6.45, 7) is 7.24. The first kappa shape index (κ1) is 20.0. The summed E-state index contributed by atoms with van der Waals surface area (Å²) in [6, 6.07) is 6.76. The second-order valence-electron chi connectivity index (χ2n) is 10.1. The minimum atomic E-state index is -0.196. The van der Waals surface area contributed by atoms with Crippen LogP contribution >= 0.6 is 0 Å². The Morgan fingerprint density at radius 2 is 2.03 bits per heavy atom. The van der Waals surface area contributed by atoms with Gasteiger partial charge in [0.15, 0.2) is 0 Å². The SMILES string of the molecule is CC1=C2CC3C(CC2(C)CCC1)OC(=O)C3CN1CC=C(c2ccc(F)cc2)CC1. The second-order valence-corrected chi connectivity index (χ2v) is 10.1. The van der Waals surface area contributed by atoms with Crippen LogP contribution in [0.2, 0.25) is 0 Å². The van der Waals surface area contributed by atoms with Crippen LogP contribution in [0.4, 0.5) is 4.39 Å². The lowest BCUT2D eigenvalue weighted by Crippen LogP contribution is -2.42. The number of halogens is 1. The molecule has 0 bridgehead atoms. The Labute approximate surface area is 179 Å². The van der Waals surface area contributed by atoms with Gasteiger partial charge in [0.2, 0.25) is 0 Å². The predicted octanol–water partition coefficient (Wildman–Crippen LogP) is 5.37. The predicted molar refractivity (Wildman–Crippen MR) is 116 cm³/mol. The number of hydrogen-bond donors (Lipinski definition) is 0. The monoisotopic (exact) mass is 409 g/mol. The van der Waals surface area contributed by atoms with Gasteiger partial charge >= 0.3 is 5.97 Å². The average Bonchev–Trinajstić information content (AvgIpc) is 3.01. The first-order valence-electron chi connectivity index (χ1n) is 11.5. The minimum absolute atomic E-state index is 0.0115. The number of carbonyl (C=O) groups excluding carboxylic acids is 1. The molecule has 5 rings (SSSR count). The Hall–Kier alpha value is -1.94. The van der Waals surface area contributed by atoms with Gasteiger partial charge in [-0.25, -0.2) is 4.39 Å². The van der Waals surface area contributed by atoms with Gasteiger partial charge in [0.05, 0.1) is 5.92 Å². The summed E-state index contributed by atoms with van der Waals surface area (Å²) in [6.07, 6.45) is 9.01. The maximum absolute atomic E-state index is 13.2. The smallest absolute Gasteiger partial charge is 0.310 e. The molecular formula is C26H32FNO2. The summed E-state index contributed by atoms with van der Waals surface area (Å²) < 4.78 is 19.1. The molecule has 1 saturated heterocycles. The Morgan fingerprint density at radius 3 is 2.77 bits per heavy atom. The van der Waals surface area contributed by atoms with Crippen LogP contribution in [0.5, 0.6) is 0 Å². The van der Waals surface area contributed by atoms with E-state index in [9.17, 15) is 9.18 Å². The van der Waals surface area contributed by atoms with Gasteiger partial charge in [-0.1, -0.05) is 36.3 Å². The van der Waals surface area contributed by atoms with Crippen molar-refractivity contribution in [1.82, 2.24) is 4.90 Å². The van der Waals surface area contributed by atoms with Crippen molar-refractivity contribution in [2.75, 3.05) is 19.6 Å². The van der Waals surface area contributed by atoms with Crippen LogP contribution in [-0.4, -0.2) is 36.6 Å². The Morgan fingerprint density at radius 1 is 1.23 bits per heavy atom. The number of rotatable bonds is 3. The van der Waals surface area contributed by atoms with E-state index in [1.807, 2.05) is 12.1 Å². The van der Waals surface area contributed by atoms with Crippen LogP contribution in [0.1, 0.15) is 57.9 Å².